The quantitative estimate of drug-likeness (QED) is 0.677. The number of ether oxygens (including phenoxy) is 4. The number of fused-ring (bicyclic) bond motifs is 2. The number of nitriles is 1. The number of hydrogen-bond donors (Lipinski definition) is 1. The first-order valence-electron chi connectivity index (χ1n) is 10.1. The Hall–Kier alpha value is -3.42. The van der Waals surface area contributed by atoms with Crippen LogP contribution in [0.15, 0.2) is 24.5 Å². The van der Waals surface area contributed by atoms with Gasteiger partial charge in [0.15, 0.2) is 0 Å². The molecule has 0 unspecified atom stereocenters. The molecule has 0 saturated carbocycles. The van der Waals surface area contributed by atoms with E-state index in [1.54, 1.807) is 31.6 Å². The number of nitrogens with one attached hydrogen (secondary N) is 1. The zero-order valence-corrected chi connectivity index (χ0v) is 17.2. The molecule has 3 aromatic heterocycles. The summed E-state index contributed by atoms with van der Waals surface area (Å²) in [6.07, 6.45) is 3.95. The molecule has 2 aliphatic heterocycles. The number of pyridine rings is 1. The molecular formula is C21H22N6O4. The van der Waals surface area contributed by atoms with Crippen LogP contribution in [0, 0.1) is 11.3 Å². The van der Waals surface area contributed by atoms with Crippen LogP contribution < -0.4 is 14.8 Å². The highest BCUT2D eigenvalue weighted by atomic mass is 16.5. The first kappa shape index (κ1) is 19.5. The van der Waals surface area contributed by atoms with Gasteiger partial charge in [-0.15, -0.1) is 0 Å². The van der Waals surface area contributed by atoms with Crippen molar-refractivity contribution in [2.75, 3.05) is 32.2 Å². The van der Waals surface area contributed by atoms with E-state index in [4.69, 9.17) is 23.9 Å². The second-order valence-electron chi connectivity index (χ2n) is 7.55. The Balaban J connectivity index is 1.54. The molecule has 3 aromatic rings. The Morgan fingerprint density at radius 2 is 2.23 bits per heavy atom. The van der Waals surface area contributed by atoms with E-state index in [9.17, 15) is 5.26 Å². The molecule has 0 aliphatic carbocycles. The van der Waals surface area contributed by atoms with Gasteiger partial charge >= 0.3 is 0 Å². The highest BCUT2D eigenvalue weighted by Crippen LogP contribution is 2.37. The van der Waals surface area contributed by atoms with Gasteiger partial charge < -0.3 is 28.8 Å². The van der Waals surface area contributed by atoms with Crippen molar-refractivity contribution in [1.29, 1.82) is 5.26 Å². The van der Waals surface area contributed by atoms with Gasteiger partial charge in [-0.1, -0.05) is 0 Å². The Morgan fingerprint density at radius 1 is 1.32 bits per heavy atom. The van der Waals surface area contributed by atoms with Crippen LogP contribution in [0.3, 0.4) is 0 Å². The summed E-state index contributed by atoms with van der Waals surface area (Å²) in [5.41, 5.74) is 1.79. The predicted octanol–water partition coefficient (Wildman–Crippen LogP) is 2.58. The van der Waals surface area contributed by atoms with Gasteiger partial charge in [0.1, 0.15) is 23.5 Å². The summed E-state index contributed by atoms with van der Waals surface area (Å²) in [6, 6.07) is 5.67. The zero-order chi connectivity index (χ0) is 21.4. The molecule has 5 heterocycles. The Morgan fingerprint density at radius 3 is 3.06 bits per heavy atom. The van der Waals surface area contributed by atoms with Crippen molar-refractivity contribution in [3.8, 4) is 17.7 Å². The summed E-state index contributed by atoms with van der Waals surface area (Å²) in [7, 11) is 1.64. The Bertz CT molecular complexity index is 1160. The van der Waals surface area contributed by atoms with Crippen molar-refractivity contribution in [3.63, 3.8) is 0 Å². The number of rotatable bonds is 4. The maximum Gasteiger partial charge on any atom is 0.259 e. The third-order valence-electron chi connectivity index (χ3n) is 5.53. The highest BCUT2D eigenvalue weighted by Gasteiger charge is 2.33. The topological polar surface area (TPSA) is 116 Å². The Labute approximate surface area is 178 Å². The number of hydrogen-bond acceptors (Lipinski definition) is 9. The number of anilines is 2. The summed E-state index contributed by atoms with van der Waals surface area (Å²) in [4.78, 5) is 13.4. The fourth-order valence-corrected chi connectivity index (χ4v) is 3.93. The molecule has 3 atom stereocenters. The maximum atomic E-state index is 9.67. The molecule has 10 nitrogen and oxygen atoms in total. The van der Waals surface area contributed by atoms with Crippen molar-refractivity contribution in [2.45, 2.75) is 31.6 Å². The number of aromatic nitrogens is 4. The minimum atomic E-state index is -0.155. The van der Waals surface area contributed by atoms with Gasteiger partial charge in [-0.3, -0.25) is 0 Å². The third-order valence-corrected chi connectivity index (χ3v) is 5.53. The van der Waals surface area contributed by atoms with Crippen molar-refractivity contribution in [3.05, 3.63) is 30.2 Å². The van der Waals surface area contributed by atoms with E-state index in [-0.39, 0.29) is 18.2 Å². The molecule has 1 fully saturated rings. The van der Waals surface area contributed by atoms with Gasteiger partial charge in [-0.2, -0.15) is 10.2 Å². The third kappa shape index (κ3) is 3.52. The normalized spacial score (nSPS) is 22.8. The molecule has 160 valence electrons. The van der Waals surface area contributed by atoms with E-state index in [0.29, 0.717) is 54.4 Å². The molecule has 0 bridgehead atoms. The van der Waals surface area contributed by atoms with E-state index in [1.807, 2.05) is 11.5 Å². The van der Waals surface area contributed by atoms with Crippen molar-refractivity contribution >= 4 is 22.7 Å². The monoisotopic (exact) mass is 422 g/mol. The van der Waals surface area contributed by atoms with E-state index >= 15 is 0 Å². The van der Waals surface area contributed by atoms with Crippen LogP contribution in [0.2, 0.25) is 0 Å². The largest absolute Gasteiger partial charge is 0.483 e. The first-order valence-corrected chi connectivity index (χ1v) is 10.1. The average Bonchev–Trinajstić information content (AvgIpc) is 3.33. The molecule has 0 spiro atoms. The van der Waals surface area contributed by atoms with Crippen LogP contribution in [0.4, 0.5) is 11.6 Å². The number of methoxy groups -OCH3 is 1. The van der Waals surface area contributed by atoms with E-state index in [2.05, 4.69) is 21.4 Å². The lowest BCUT2D eigenvalue weighted by Gasteiger charge is -2.20. The maximum absolute atomic E-state index is 9.67. The molecule has 1 saturated heterocycles. The molecule has 31 heavy (non-hydrogen) atoms. The van der Waals surface area contributed by atoms with E-state index in [0.717, 1.165) is 11.8 Å². The van der Waals surface area contributed by atoms with E-state index in [1.165, 1.54) is 0 Å². The van der Waals surface area contributed by atoms with Crippen LogP contribution in [-0.2, 0) is 9.47 Å². The lowest BCUT2D eigenvalue weighted by molar-refractivity contribution is 0.0690. The van der Waals surface area contributed by atoms with Crippen LogP contribution in [0.5, 0.6) is 11.6 Å². The molecule has 0 amide bonds. The SMILES string of the molecule is CO[C@H]1COC[C@H]1n1c(C#N)cc2cnc(Nc3ccnc4c3O[C@H](C)CCO4)nc21. The van der Waals surface area contributed by atoms with Gasteiger partial charge in [0.2, 0.25) is 11.7 Å². The second-order valence-corrected chi connectivity index (χ2v) is 7.55. The van der Waals surface area contributed by atoms with Crippen LogP contribution in [-0.4, -0.2) is 58.7 Å². The van der Waals surface area contributed by atoms with Crippen LogP contribution in [0.1, 0.15) is 25.1 Å². The van der Waals surface area contributed by atoms with Crippen LogP contribution >= 0.6 is 0 Å². The van der Waals surface area contributed by atoms with Crippen molar-refractivity contribution < 1.29 is 18.9 Å². The molecule has 0 radical (unpaired) electrons. The lowest BCUT2D eigenvalue weighted by atomic mass is 10.2. The minimum absolute atomic E-state index is 0.00170. The summed E-state index contributed by atoms with van der Waals surface area (Å²) < 4.78 is 24.7. The minimum Gasteiger partial charge on any atom is -0.483 e. The molecule has 10 heteroatoms. The van der Waals surface area contributed by atoms with Gasteiger partial charge in [-0.25, -0.2) is 9.97 Å². The smallest absolute Gasteiger partial charge is 0.259 e. The van der Waals surface area contributed by atoms with E-state index < -0.39 is 0 Å². The predicted molar refractivity (Wildman–Crippen MR) is 111 cm³/mol. The second kappa shape index (κ2) is 8.02. The zero-order valence-electron chi connectivity index (χ0n) is 17.2. The van der Waals surface area contributed by atoms with Gasteiger partial charge in [0, 0.05) is 31.3 Å². The molecule has 0 aromatic carbocycles. The lowest BCUT2D eigenvalue weighted by Crippen LogP contribution is -2.25. The standard InChI is InChI=1S/C21H22N6O4/c1-12-4-6-30-20-18(31-12)15(3-5-23-20)25-21-24-9-13-7-14(8-22)27(19(13)26-21)16-10-29-11-17(16)28-2/h3,5,7,9,12,16-17H,4,6,10-11H2,1-2H3,(H,23,24,25,26)/t12-,16-,17+/m1/s1. The fraction of sp³-hybridized carbons (Fsp3) is 0.429. The summed E-state index contributed by atoms with van der Waals surface area (Å²) in [6.45, 7) is 3.46. The number of nitrogens with zero attached hydrogens (tertiary/aromatic N) is 5. The fourth-order valence-electron chi connectivity index (χ4n) is 3.93. The molecule has 5 rings (SSSR count). The summed E-state index contributed by atoms with van der Waals surface area (Å²) in [5, 5.41) is 13.7. The molecular weight excluding hydrogens is 400 g/mol. The average molecular weight is 422 g/mol. The van der Waals surface area contributed by atoms with Crippen molar-refractivity contribution in [1.82, 2.24) is 19.5 Å². The van der Waals surface area contributed by atoms with Gasteiger partial charge in [-0.05, 0) is 19.1 Å². The van der Waals surface area contributed by atoms with Gasteiger partial charge in [0.25, 0.3) is 5.88 Å². The van der Waals surface area contributed by atoms with Crippen molar-refractivity contribution in [2.24, 2.45) is 0 Å². The first-order chi connectivity index (χ1) is 15.2. The summed E-state index contributed by atoms with van der Waals surface area (Å²) >= 11 is 0. The van der Waals surface area contributed by atoms with Gasteiger partial charge in [0.05, 0.1) is 37.7 Å². The Kier molecular flexibility index (Phi) is 5.05. The highest BCUT2D eigenvalue weighted by molar-refractivity contribution is 5.80. The molecule has 2 aliphatic rings. The van der Waals surface area contributed by atoms with Crippen LogP contribution in [0.25, 0.3) is 11.0 Å². The molecule has 1 N–H and O–H groups in total. The summed E-state index contributed by atoms with van der Waals surface area (Å²) in [5.74, 6) is 1.35.